The number of ether oxygens (including phenoxy) is 1. The zero-order chi connectivity index (χ0) is 18.1. The summed E-state index contributed by atoms with van der Waals surface area (Å²) in [6, 6.07) is 7.79. The first-order valence-corrected chi connectivity index (χ1v) is 8.64. The van der Waals surface area contributed by atoms with Crippen molar-refractivity contribution in [2.45, 2.75) is 18.9 Å². The molecule has 26 heavy (non-hydrogen) atoms. The molecule has 1 aliphatic heterocycles. The number of aryl methyl sites for hydroxylation is 1. The van der Waals surface area contributed by atoms with Gasteiger partial charge < -0.3 is 14.6 Å². The van der Waals surface area contributed by atoms with Crippen LogP contribution in [0, 0.1) is 0 Å². The van der Waals surface area contributed by atoms with Gasteiger partial charge >= 0.3 is 0 Å². The molecule has 1 fully saturated rings. The van der Waals surface area contributed by atoms with Gasteiger partial charge in [0.15, 0.2) is 0 Å². The Morgan fingerprint density at radius 1 is 1.35 bits per heavy atom. The second-order valence-electron chi connectivity index (χ2n) is 6.47. The summed E-state index contributed by atoms with van der Waals surface area (Å²) >= 11 is 0. The van der Waals surface area contributed by atoms with Gasteiger partial charge in [0, 0.05) is 25.4 Å². The Morgan fingerprint density at radius 2 is 2.23 bits per heavy atom. The molecule has 0 spiro atoms. The number of carbonyl (C=O) groups is 1. The van der Waals surface area contributed by atoms with E-state index in [2.05, 4.69) is 15.1 Å². The van der Waals surface area contributed by atoms with Gasteiger partial charge in [-0.2, -0.15) is 5.10 Å². The van der Waals surface area contributed by atoms with Gasteiger partial charge in [-0.05, 0) is 25.0 Å². The maximum absolute atomic E-state index is 12.8. The van der Waals surface area contributed by atoms with Crippen LogP contribution in [0.15, 0.2) is 42.9 Å². The number of benzene rings is 1. The number of nitrogens with zero attached hydrogens (tertiary/aromatic N) is 4. The number of hydrogen-bond donors (Lipinski definition) is 1. The average molecular weight is 351 g/mol. The predicted octanol–water partition coefficient (Wildman–Crippen LogP) is 2.80. The summed E-state index contributed by atoms with van der Waals surface area (Å²) in [5.74, 6) is 1.62. The largest absolute Gasteiger partial charge is 0.497 e. The molecule has 1 aromatic carbocycles. The fraction of sp³-hybridized carbons (Fsp3) is 0.316. The molecular formula is C19H21N5O2. The van der Waals surface area contributed by atoms with Crippen LogP contribution >= 0.6 is 0 Å². The lowest BCUT2D eigenvalue weighted by Crippen LogP contribution is -2.30. The molecule has 1 atom stereocenters. The zero-order valence-corrected chi connectivity index (χ0v) is 14.8. The number of rotatable bonds is 4. The van der Waals surface area contributed by atoms with E-state index >= 15 is 0 Å². The van der Waals surface area contributed by atoms with Gasteiger partial charge in [-0.25, -0.2) is 4.98 Å². The normalized spacial score (nSPS) is 16.8. The lowest BCUT2D eigenvalue weighted by molar-refractivity contribution is 0.0730. The number of methoxy groups -OCH3 is 1. The smallest absolute Gasteiger partial charge is 0.257 e. The monoisotopic (exact) mass is 351 g/mol. The molecule has 3 aromatic rings. The lowest BCUT2D eigenvalue weighted by Gasteiger charge is -2.22. The SMILES string of the molecule is COc1cccc(-c2cnc([C@H]3CCCN3C(=O)c3cnn(C)c3)[nH]2)c1. The summed E-state index contributed by atoms with van der Waals surface area (Å²) in [5.41, 5.74) is 2.53. The Morgan fingerprint density at radius 3 is 3.00 bits per heavy atom. The first-order valence-electron chi connectivity index (χ1n) is 8.64. The van der Waals surface area contributed by atoms with Crippen molar-refractivity contribution in [3.05, 3.63) is 54.2 Å². The van der Waals surface area contributed by atoms with Crippen LogP contribution in [-0.2, 0) is 7.05 Å². The third kappa shape index (κ3) is 2.96. The van der Waals surface area contributed by atoms with E-state index in [9.17, 15) is 4.79 Å². The van der Waals surface area contributed by atoms with Gasteiger partial charge in [-0.15, -0.1) is 0 Å². The number of hydrogen-bond acceptors (Lipinski definition) is 4. The van der Waals surface area contributed by atoms with E-state index in [0.29, 0.717) is 5.56 Å². The quantitative estimate of drug-likeness (QED) is 0.784. The van der Waals surface area contributed by atoms with Crippen LogP contribution in [-0.4, -0.2) is 44.2 Å². The Bertz CT molecular complexity index is 929. The molecule has 1 N–H and O–H groups in total. The second-order valence-corrected chi connectivity index (χ2v) is 6.47. The van der Waals surface area contributed by atoms with Gasteiger partial charge in [0.25, 0.3) is 5.91 Å². The van der Waals surface area contributed by atoms with Crippen molar-refractivity contribution in [3.63, 3.8) is 0 Å². The van der Waals surface area contributed by atoms with Crippen LogP contribution in [0.3, 0.4) is 0 Å². The van der Waals surface area contributed by atoms with Crippen LogP contribution in [0.2, 0.25) is 0 Å². The maximum atomic E-state index is 12.8. The van der Waals surface area contributed by atoms with E-state index in [1.165, 1.54) is 0 Å². The van der Waals surface area contributed by atoms with E-state index in [1.807, 2.05) is 42.4 Å². The molecular weight excluding hydrogens is 330 g/mol. The summed E-state index contributed by atoms with van der Waals surface area (Å²) < 4.78 is 6.93. The third-order valence-electron chi connectivity index (χ3n) is 4.76. The number of amides is 1. The van der Waals surface area contributed by atoms with Crippen molar-refractivity contribution < 1.29 is 9.53 Å². The minimum Gasteiger partial charge on any atom is -0.497 e. The third-order valence-corrected chi connectivity index (χ3v) is 4.76. The number of carbonyl (C=O) groups excluding carboxylic acids is 1. The maximum Gasteiger partial charge on any atom is 0.257 e. The molecule has 0 bridgehead atoms. The lowest BCUT2D eigenvalue weighted by atomic mass is 10.1. The van der Waals surface area contributed by atoms with Gasteiger partial charge in [-0.3, -0.25) is 9.48 Å². The van der Waals surface area contributed by atoms with Crippen molar-refractivity contribution in [1.82, 2.24) is 24.6 Å². The first kappa shape index (κ1) is 16.4. The van der Waals surface area contributed by atoms with Crippen LogP contribution < -0.4 is 4.74 Å². The summed E-state index contributed by atoms with van der Waals surface area (Å²) in [6.07, 6.45) is 7.04. The van der Waals surface area contributed by atoms with Crippen LogP contribution in [0.5, 0.6) is 5.75 Å². The summed E-state index contributed by atoms with van der Waals surface area (Å²) in [7, 11) is 3.46. The zero-order valence-electron chi connectivity index (χ0n) is 14.8. The van der Waals surface area contributed by atoms with Gasteiger partial charge in [0.2, 0.25) is 0 Å². The van der Waals surface area contributed by atoms with E-state index in [-0.39, 0.29) is 11.9 Å². The van der Waals surface area contributed by atoms with E-state index in [0.717, 1.165) is 42.2 Å². The minimum absolute atomic E-state index is 0.0000645. The standard InChI is InChI=1S/C19H21N5O2/c1-23-12-14(10-21-23)19(25)24-8-4-7-17(24)18-20-11-16(22-18)13-5-3-6-15(9-13)26-2/h3,5-6,9-12,17H,4,7-8H2,1-2H3,(H,20,22)/t17-/m1/s1. The molecule has 7 heteroatoms. The van der Waals surface area contributed by atoms with E-state index in [4.69, 9.17) is 4.74 Å². The number of aromatic nitrogens is 4. The van der Waals surface area contributed by atoms with Crippen molar-refractivity contribution in [3.8, 4) is 17.0 Å². The molecule has 3 heterocycles. The highest BCUT2D eigenvalue weighted by atomic mass is 16.5. The molecule has 0 aliphatic carbocycles. The van der Waals surface area contributed by atoms with E-state index in [1.54, 1.807) is 24.2 Å². The molecule has 2 aromatic heterocycles. The molecule has 134 valence electrons. The molecule has 1 aliphatic rings. The number of aromatic amines is 1. The predicted molar refractivity (Wildman–Crippen MR) is 96.8 cm³/mol. The van der Waals surface area contributed by atoms with Gasteiger partial charge in [-0.1, -0.05) is 12.1 Å². The highest BCUT2D eigenvalue weighted by Gasteiger charge is 2.33. The first-order chi connectivity index (χ1) is 12.7. The molecule has 4 rings (SSSR count). The average Bonchev–Trinajstić information content (AvgIpc) is 3.40. The highest BCUT2D eigenvalue weighted by molar-refractivity contribution is 5.94. The van der Waals surface area contributed by atoms with Crippen LogP contribution in [0.1, 0.15) is 35.1 Å². The molecule has 0 radical (unpaired) electrons. The van der Waals surface area contributed by atoms with Gasteiger partial charge in [0.1, 0.15) is 11.6 Å². The van der Waals surface area contributed by atoms with Crippen molar-refractivity contribution >= 4 is 5.91 Å². The van der Waals surface area contributed by atoms with Gasteiger partial charge in [0.05, 0.1) is 36.8 Å². The fourth-order valence-corrected chi connectivity index (χ4v) is 3.43. The number of H-pyrrole nitrogens is 1. The summed E-state index contributed by atoms with van der Waals surface area (Å²) in [6.45, 7) is 0.730. The second kappa shape index (κ2) is 6.67. The molecule has 1 saturated heterocycles. The summed E-state index contributed by atoms with van der Waals surface area (Å²) in [4.78, 5) is 22.6. The number of likely N-dealkylation sites (tertiary alicyclic amines) is 1. The molecule has 0 saturated carbocycles. The number of imidazole rings is 1. The Hall–Kier alpha value is -3.09. The number of nitrogens with one attached hydrogen (secondary N) is 1. The van der Waals surface area contributed by atoms with E-state index < -0.39 is 0 Å². The highest BCUT2D eigenvalue weighted by Crippen LogP contribution is 2.33. The van der Waals surface area contributed by atoms with Crippen LogP contribution in [0.25, 0.3) is 11.3 Å². The Labute approximate surface area is 151 Å². The molecule has 0 unspecified atom stereocenters. The summed E-state index contributed by atoms with van der Waals surface area (Å²) in [5, 5.41) is 4.10. The minimum atomic E-state index is -0.0398. The van der Waals surface area contributed by atoms with Crippen molar-refractivity contribution in [2.75, 3.05) is 13.7 Å². The molecule has 7 nitrogen and oxygen atoms in total. The Kier molecular flexibility index (Phi) is 4.20. The topological polar surface area (TPSA) is 76.0 Å². The fourth-order valence-electron chi connectivity index (χ4n) is 3.43. The molecule has 1 amide bonds. The Balaban J connectivity index is 1.59. The van der Waals surface area contributed by atoms with Crippen LogP contribution in [0.4, 0.5) is 0 Å². The van der Waals surface area contributed by atoms with Crippen molar-refractivity contribution in [1.29, 1.82) is 0 Å². The van der Waals surface area contributed by atoms with Crippen molar-refractivity contribution in [2.24, 2.45) is 7.05 Å².